The Balaban J connectivity index is 1.08. The fraction of sp³-hybridized carbons (Fsp3) is 0.410. The number of carbonyl (C=O) groups is 3. The van der Waals surface area contributed by atoms with Crippen molar-refractivity contribution in [1.29, 1.82) is 0 Å². The van der Waals surface area contributed by atoms with Crippen LogP contribution in [-0.4, -0.2) is 67.6 Å². The van der Waals surface area contributed by atoms with Gasteiger partial charge in [0.25, 0.3) is 0 Å². The lowest BCUT2D eigenvalue weighted by molar-refractivity contribution is -0.140. The molecule has 3 amide bonds. The first kappa shape index (κ1) is 33.4. The number of carbonyl (C=O) groups excluding carboxylic acids is 3. The Labute approximate surface area is 283 Å². The third-order valence-electron chi connectivity index (χ3n) is 9.85. The smallest absolute Gasteiger partial charge is 0.243 e. The molecule has 252 valence electrons. The molecule has 0 saturated carbocycles. The first-order valence-corrected chi connectivity index (χ1v) is 17.1. The first-order chi connectivity index (χ1) is 23.5. The van der Waals surface area contributed by atoms with Crippen LogP contribution >= 0.6 is 0 Å². The van der Waals surface area contributed by atoms with Crippen LogP contribution in [0.3, 0.4) is 0 Å². The fourth-order valence-electron chi connectivity index (χ4n) is 6.98. The van der Waals surface area contributed by atoms with Crippen LogP contribution in [0.25, 0.3) is 0 Å². The Hall–Kier alpha value is -4.47. The molecule has 2 fully saturated rings. The third-order valence-corrected chi connectivity index (χ3v) is 9.85. The number of amides is 3. The molecule has 0 aliphatic carbocycles. The van der Waals surface area contributed by atoms with Gasteiger partial charge in [0.1, 0.15) is 18.4 Å². The van der Waals surface area contributed by atoms with Gasteiger partial charge in [0.05, 0.1) is 12.0 Å². The number of hydrogen-bond donors (Lipinski definition) is 3. The zero-order valence-corrected chi connectivity index (χ0v) is 27.4. The number of hydrogen-bond acceptors (Lipinski definition) is 6. The van der Waals surface area contributed by atoms with Crippen LogP contribution in [0.5, 0.6) is 5.75 Å². The number of benzene rings is 3. The Bertz CT molecular complexity index is 1540. The molecule has 2 saturated heterocycles. The predicted octanol–water partition coefficient (Wildman–Crippen LogP) is 4.89. The molecule has 9 heteroatoms. The van der Waals surface area contributed by atoms with Crippen LogP contribution in [0.1, 0.15) is 43.2 Å². The van der Waals surface area contributed by atoms with Crippen molar-refractivity contribution < 1.29 is 23.9 Å². The molecule has 0 bridgehead atoms. The number of allylic oxidation sites excluding steroid dienone is 2. The van der Waals surface area contributed by atoms with Crippen molar-refractivity contribution in [1.82, 2.24) is 15.5 Å². The van der Waals surface area contributed by atoms with E-state index in [9.17, 15) is 14.4 Å². The number of nitrogens with zero attached hydrogens (tertiary/aromatic N) is 1. The zero-order chi connectivity index (χ0) is 33.2. The van der Waals surface area contributed by atoms with Crippen molar-refractivity contribution in [3.63, 3.8) is 0 Å². The highest BCUT2D eigenvalue weighted by molar-refractivity contribution is 5.92. The molecule has 48 heavy (non-hydrogen) atoms. The molecule has 3 atom stereocenters. The van der Waals surface area contributed by atoms with Gasteiger partial charge in [0.15, 0.2) is 0 Å². The summed E-state index contributed by atoms with van der Waals surface area (Å²) in [4.78, 5) is 42.9. The summed E-state index contributed by atoms with van der Waals surface area (Å²) in [5, 5.41) is 9.48. The highest BCUT2D eigenvalue weighted by Crippen LogP contribution is 2.36. The van der Waals surface area contributed by atoms with Crippen molar-refractivity contribution in [2.75, 3.05) is 38.2 Å². The van der Waals surface area contributed by atoms with Gasteiger partial charge >= 0.3 is 0 Å². The minimum absolute atomic E-state index is 0.0588. The number of rotatable bonds is 8. The number of piperidine rings is 1. The van der Waals surface area contributed by atoms with Gasteiger partial charge in [-0.3, -0.25) is 19.3 Å². The van der Waals surface area contributed by atoms with E-state index in [1.54, 1.807) is 0 Å². The van der Waals surface area contributed by atoms with E-state index >= 15 is 0 Å². The van der Waals surface area contributed by atoms with E-state index in [1.807, 2.05) is 84.9 Å². The van der Waals surface area contributed by atoms with Gasteiger partial charge in [-0.25, -0.2) is 0 Å². The molecule has 3 aromatic carbocycles. The monoisotopic (exact) mass is 650 g/mol. The average Bonchev–Trinajstić information content (AvgIpc) is 3.11. The summed E-state index contributed by atoms with van der Waals surface area (Å²) in [6.45, 7) is 3.18. The Morgan fingerprint density at radius 1 is 0.896 bits per heavy atom. The Morgan fingerprint density at radius 3 is 2.33 bits per heavy atom. The molecule has 3 aliphatic heterocycles. The summed E-state index contributed by atoms with van der Waals surface area (Å²) in [5.41, 5.74) is 2.22. The lowest BCUT2D eigenvalue weighted by atomic mass is 9.75. The molecule has 3 N–H and O–H groups in total. The summed E-state index contributed by atoms with van der Waals surface area (Å²) in [5.74, 6) is 0.567. The van der Waals surface area contributed by atoms with Crippen molar-refractivity contribution in [3.8, 4) is 5.75 Å². The molecule has 3 aliphatic rings. The molecule has 6 rings (SSSR count). The van der Waals surface area contributed by atoms with Crippen molar-refractivity contribution >= 4 is 23.4 Å². The predicted molar refractivity (Wildman–Crippen MR) is 185 cm³/mol. The van der Waals surface area contributed by atoms with Gasteiger partial charge in [-0.1, -0.05) is 72.8 Å². The standard InChI is InChI=1S/C39H46N4O5/c44-36(40-32-14-16-33(17-15-32)48-28-30-11-5-2-6-12-30)27-43-22-18-34-31(26-43)13-7-8-19-39(20-23-47-24-21-39)38(46)42-35(37(45)41-34)25-29-9-3-1-4-10-29/h1-12,14-17,31,34-35H,13,18-28H2,(H,40,44)(H,41,45)(H,42,46)/b8-7+/t31-,34+,35-/m1/s1. The number of nitrogens with one attached hydrogen (secondary N) is 3. The van der Waals surface area contributed by atoms with E-state index in [2.05, 4.69) is 33.0 Å². The van der Waals surface area contributed by atoms with Crippen LogP contribution in [0, 0.1) is 11.3 Å². The van der Waals surface area contributed by atoms with Gasteiger partial charge in [-0.2, -0.15) is 0 Å². The zero-order valence-electron chi connectivity index (χ0n) is 27.4. The van der Waals surface area contributed by atoms with Crippen molar-refractivity contribution in [2.24, 2.45) is 11.3 Å². The van der Waals surface area contributed by atoms with Crippen LogP contribution in [0.4, 0.5) is 5.69 Å². The highest BCUT2D eigenvalue weighted by Gasteiger charge is 2.41. The lowest BCUT2D eigenvalue weighted by Crippen LogP contribution is -2.58. The maximum Gasteiger partial charge on any atom is 0.243 e. The van der Waals surface area contributed by atoms with Gasteiger partial charge in [0, 0.05) is 44.5 Å². The molecule has 3 heterocycles. The van der Waals surface area contributed by atoms with E-state index in [0.717, 1.165) is 35.4 Å². The van der Waals surface area contributed by atoms with E-state index < -0.39 is 11.5 Å². The Kier molecular flexibility index (Phi) is 11.2. The summed E-state index contributed by atoms with van der Waals surface area (Å²) in [7, 11) is 0. The molecular formula is C39H46N4O5. The van der Waals surface area contributed by atoms with Gasteiger partial charge < -0.3 is 25.4 Å². The molecule has 9 nitrogen and oxygen atoms in total. The number of likely N-dealkylation sites (tertiary alicyclic amines) is 1. The highest BCUT2D eigenvalue weighted by atomic mass is 16.5. The van der Waals surface area contributed by atoms with E-state index in [4.69, 9.17) is 9.47 Å². The second-order valence-electron chi connectivity index (χ2n) is 13.3. The second-order valence-corrected chi connectivity index (χ2v) is 13.3. The normalized spacial score (nSPS) is 23.8. The van der Waals surface area contributed by atoms with E-state index in [0.29, 0.717) is 58.6 Å². The largest absolute Gasteiger partial charge is 0.489 e. The van der Waals surface area contributed by atoms with Gasteiger partial charge in [-0.05, 0) is 73.4 Å². The summed E-state index contributed by atoms with van der Waals surface area (Å²) < 4.78 is 11.5. The van der Waals surface area contributed by atoms with Crippen molar-refractivity contribution in [3.05, 3.63) is 108 Å². The maximum absolute atomic E-state index is 13.9. The molecule has 3 aromatic rings. The minimum atomic E-state index is -0.678. The summed E-state index contributed by atoms with van der Waals surface area (Å²) in [6.07, 6.45) is 8.05. The molecule has 0 radical (unpaired) electrons. The average molecular weight is 651 g/mol. The van der Waals surface area contributed by atoms with Crippen LogP contribution < -0.4 is 20.7 Å². The maximum atomic E-state index is 13.9. The third kappa shape index (κ3) is 8.90. The SMILES string of the molecule is O=C(CN1CC[C@@H]2NC(=O)[C@@H](Cc3ccccc3)NC(=O)C3(C/C=C/C[C@@H]2C1)CCOCC3)Nc1ccc(OCc2ccccc2)cc1. The Morgan fingerprint density at radius 2 is 1.60 bits per heavy atom. The lowest BCUT2D eigenvalue weighted by Gasteiger charge is -2.40. The molecule has 1 spiro atoms. The molecular weight excluding hydrogens is 604 g/mol. The first-order valence-electron chi connectivity index (χ1n) is 17.1. The number of fused-ring (bicyclic) bond motifs is 1. The summed E-state index contributed by atoms with van der Waals surface area (Å²) in [6, 6.07) is 26.5. The van der Waals surface area contributed by atoms with Crippen LogP contribution in [0.2, 0.25) is 0 Å². The van der Waals surface area contributed by atoms with Gasteiger partial charge in [-0.15, -0.1) is 0 Å². The second kappa shape index (κ2) is 16.1. The minimum Gasteiger partial charge on any atom is -0.489 e. The molecule has 0 unspecified atom stereocenters. The molecule has 0 aromatic heterocycles. The van der Waals surface area contributed by atoms with Crippen LogP contribution in [-0.2, 0) is 32.1 Å². The fourth-order valence-corrected chi connectivity index (χ4v) is 6.98. The van der Waals surface area contributed by atoms with E-state index in [-0.39, 0.29) is 36.2 Å². The van der Waals surface area contributed by atoms with E-state index in [1.165, 1.54) is 0 Å². The number of anilines is 1. The quantitative estimate of drug-likeness (QED) is 0.300. The van der Waals surface area contributed by atoms with Gasteiger partial charge in [0.2, 0.25) is 17.7 Å². The van der Waals surface area contributed by atoms with Crippen LogP contribution in [0.15, 0.2) is 97.1 Å². The van der Waals surface area contributed by atoms with Crippen molar-refractivity contribution in [2.45, 2.75) is 57.2 Å². The topological polar surface area (TPSA) is 109 Å². The number of ether oxygens (including phenoxy) is 2. The summed E-state index contributed by atoms with van der Waals surface area (Å²) >= 11 is 0.